The molecule has 1 aromatic carbocycles. The van der Waals surface area contributed by atoms with Gasteiger partial charge in [0.15, 0.2) is 0 Å². The molecule has 0 radical (unpaired) electrons. The Morgan fingerprint density at radius 1 is 1.42 bits per heavy atom. The van der Waals surface area contributed by atoms with E-state index in [9.17, 15) is 4.39 Å². The number of benzene rings is 1. The second-order valence-electron chi connectivity index (χ2n) is 5.71. The summed E-state index contributed by atoms with van der Waals surface area (Å²) >= 11 is 0. The monoisotopic (exact) mass is 263 g/mol. The number of nitrogens with two attached hydrogens (primary N) is 1. The van der Waals surface area contributed by atoms with Crippen molar-refractivity contribution < 1.29 is 4.39 Å². The first kappa shape index (κ1) is 14.0. The summed E-state index contributed by atoms with van der Waals surface area (Å²) in [5.74, 6) is 0.369. The number of nitrogens with one attached hydrogen (secondary N) is 1. The van der Waals surface area contributed by atoms with Crippen molar-refractivity contribution >= 4 is 5.84 Å². The van der Waals surface area contributed by atoms with Crippen molar-refractivity contribution in [3.05, 3.63) is 35.1 Å². The molecular weight excluding hydrogens is 241 g/mol. The molecule has 2 atom stereocenters. The molecule has 2 unspecified atom stereocenters. The number of likely N-dealkylation sites (tertiary alicyclic amines) is 1. The van der Waals surface area contributed by atoms with Crippen LogP contribution in [-0.4, -0.2) is 23.3 Å². The van der Waals surface area contributed by atoms with Crippen molar-refractivity contribution in [2.75, 3.05) is 6.54 Å². The lowest BCUT2D eigenvalue weighted by Gasteiger charge is -2.36. The molecule has 1 aliphatic rings. The van der Waals surface area contributed by atoms with Gasteiger partial charge in [0.2, 0.25) is 0 Å². The van der Waals surface area contributed by atoms with Gasteiger partial charge in [-0.05, 0) is 56.0 Å². The second-order valence-corrected chi connectivity index (χ2v) is 5.71. The van der Waals surface area contributed by atoms with Crippen LogP contribution in [0.4, 0.5) is 4.39 Å². The lowest BCUT2D eigenvalue weighted by molar-refractivity contribution is 0.122. The van der Waals surface area contributed by atoms with Crippen LogP contribution in [0.15, 0.2) is 18.2 Å². The molecule has 0 aliphatic carbocycles. The van der Waals surface area contributed by atoms with Gasteiger partial charge in [-0.15, -0.1) is 0 Å². The van der Waals surface area contributed by atoms with E-state index in [1.54, 1.807) is 0 Å². The van der Waals surface area contributed by atoms with Gasteiger partial charge in [0.05, 0.1) is 0 Å². The lowest BCUT2D eigenvalue weighted by atomic mass is 9.93. The molecule has 19 heavy (non-hydrogen) atoms. The Hall–Kier alpha value is -1.42. The van der Waals surface area contributed by atoms with E-state index in [1.165, 1.54) is 25.0 Å². The molecule has 0 aromatic heterocycles. The van der Waals surface area contributed by atoms with Gasteiger partial charge in [-0.1, -0.05) is 6.92 Å². The van der Waals surface area contributed by atoms with Crippen LogP contribution in [0.5, 0.6) is 0 Å². The highest BCUT2D eigenvalue weighted by molar-refractivity contribution is 5.95. The van der Waals surface area contributed by atoms with E-state index in [2.05, 4.69) is 18.7 Å². The second kappa shape index (κ2) is 5.70. The predicted molar refractivity (Wildman–Crippen MR) is 75.7 cm³/mol. The molecule has 4 heteroatoms. The molecule has 0 bridgehead atoms. The van der Waals surface area contributed by atoms with Crippen LogP contribution in [0.25, 0.3) is 0 Å². The fourth-order valence-corrected chi connectivity index (χ4v) is 2.82. The molecule has 0 saturated carbocycles. The Balaban J connectivity index is 2.12. The maximum absolute atomic E-state index is 13.5. The lowest BCUT2D eigenvalue weighted by Crippen LogP contribution is -2.39. The topological polar surface area (TPSA) is 53.1 Å². The summed E-state index contributed by atoms with van der Waals surface area (Å²) in [6.07, 6.45) is 2.38. The summed E-state index contributed by atoms with van der Waals surface area (Å²) in [4.78, 5) is 2.37. The van der Waals surface area contributed by atoms with Gasteiger partial charge in [-0.3, -0.25) is 10.3 Å². The fourth-order valence-electron chi connectivity index (χ4n) is 2.82. The minimum absolute atomic E-state index is 0.0823. The zero-order valence-electron chi connectivity index (χ0n) is 11.6. The summed E-state index contributed by atoms with van der Waals surface area (Å²) in [6.45, 7) is 6.28. The van der Waals surface area contributed by atoms with Crippen LogP contribution in [0.3, 0.4) is 0 Å². The summed E-state index contributed by atoms with van der Waals surface area (Å²) in [5, 5.41) is 7.41. The molecule has 0 amide bonds. The summed E-state index contributed by atoms with van der Waals surface area (Å²) in [6, 6.07) is 5.19. The zero-order valence-corrected chi connectivity index (χ0v) is 11.6. The van der Waals surface area contributed by atoms with Crippen molar-refractivity contribution in [3.63, 3.8) is 0 Å². The van der Waals surface area contributed by atoms with E-state index in [4.69, 9.17) is 11.1 Å². The average molecular weight is 263 g/mol. The Morgan fingerprint density at radius 3 is 2.79 bits per heavy atom. The Kier molecular flexibility index (Phi) is 4.20. The van der Waals surface area contributed by atoms with E-state index in [-0.39, 0.29) is 11.7 Å². The molecule has 1 fully saturated rings. The molecular formula is C15H22FN3. The minimum Gasteiger partial charge on any atom is -0.384 e. The first-order chi connectivity index (χ1) is 8.95. The number of nitrogens with zero attached hydrogens (tertiary/aromatic N) is 1. The van der Waals surface area contributed by atoms with Crippen LogP contribution >= 0.6 is 0 Å². The Labute approximate surface area is 114 Å². The highest BCUT2D eigenvalue weighted by Crippen LogP contribution is 2.24. The van der Waals surface area contributed by atoms with Crippen LogP contribution in [0.1, 0.15) is 37.8 Å². The van der Waals surface area contributed by atoms with E-state index in [0.717, 1.165) is 24.6 Å². The quantitative estimate of drug-likeness (QED) is 0.651. The number of piperidine rings is 1. The highest BCUT2D eigenvalue weighted by Gasteiger charge is 2.22. The molecule has 2 rings (SSSR count). The van der Waals surface area contributed by atoms with E-state index in [0.29, 0.717) is 11.6 Å². The fraction of sp³-hybridized carbons (Fsp3) is 0.533. The maximum Gasteiger partial charge on any atom is 0.124 e. The van der Waals surface area contributed by atoms with Crippen molar-refractivity contribution in [3.8, 4) is 0 Å². The molecule has 1 saturated heterocycles. The van der Waals surface area contributed by atoms with Crippen LogP contribution in [-0.2, 0) is 6.54 Å². The van der Waals surface area contributed by atoms with Gasteiger partial charge in [0, 0.05) is 18.2 Å². The molecule has 3 N–H and O–H groups in total. The number of hydrogen-bond donors (Lipinski definition) is 2. The van der Waals surface area contributed by atoms with Crippen LogP contribution in [0.2, 0.25) is 0 Å². The number of nitrogen functional groups attached to an aromatic ring is 1. The predicted octanol–water partition coefficient (Wildman–Crippen LogP) is 2.73. The SMILES string of the molecule is CC1CCN(Cc2cc(F)cc(C(=N)N)c2)C(C)C1. The minimum atomic E-state index is -0.319. The number of rotatable bonds is 3. The van der Waals surface area contributed by atoms with Crippen molar-refractivity contribution in [2.24, 2.45) is 11.7 Å². The molecule has 1 aliphatic heterocycles. The Morgan fingerprint density at radius 2 is 2.16 bits per heavy atom. The molecule has 1 aromatic rings. The largest absolute Gasteiger partial charge is 0.384 e. The van der Waals surface area contributed by atoms with Gasteiger partial charge in [-0.2, -0.15) is 0 Å². The number of halogens is 1. The van der Waals surface area contributed by atoms with Crippen molar-refractivity contribution in [2.45, 2.75) is 39.3 Å². The number of hydrogen-bond acceptors (Lipinski definition) is 2. The molecule has 1 heterocycles. The van der Waals surface area contributed by atoms with Crippen LogP contribution < -0.4 is 5.73 Å². The smallest absolute Gasteiger partial charge is 0.124 e. The Bertz CT molecular complexity index is 472. The maximum atomic E-state index is 13.5. The van der Waals surface area contributed by atoms with E-state index >= 15 is 0 Å². The average Bonchev–Trinajstić information content (AvgIpc) is 2.32. The normalized spacial score (nSPS) is 24.4. The van der Waals surface area contributed by atoms with Gasteiger partial charge < -0.3 is 5.73 Å². The van der Waals surface area contributed by atoms with Crippen molar-refractivity contribution in [1.29, 1.82) is 5.41 Å². The first-order valence-electron chi connectivity index (χ1n) is 6.83. The third kappa shape index (κ3) is 3.53. The van der Waals surface area contributed by atoms with Gasteiger partial charge in [0.1, 0.15) is 11.7 Å². The van der Waals surface area contributed by atoms with E-state index in [1.807, 2.05) is 6.07 Å². The van der Waals surface area contributed by atoms with Crippen molar-refractivity contribution in [1.82, 2.24) is 4.90 Å². The molecule has 3 nitrogen and oxygen atoms in total. The standard InChI is InChI=1S/C15H22FN3/c1-10-3-4-19(11(2)5-10)9-12-6-13(15(17)18)8-14(16)7-12/h6-8,10-11H,3-5,9H2,1-2H3,(H3,17,18). The summed E-state index contributed by atoms with van der Waals surface area (Å²) in [7, 11) is 0. The first-order valence-corrected chi connectivity index (χ1v) is 6.83. The highest BCUT2D eigenvalue weighted by atomic mass is 19.1. The third-order valence-corrected chi connectivity index (χ3v) is 3.93. The zero-order chi connectivity index (χ0) is 14.0. The summed E-state index contributed by atoms with van der Waals surface area (Å²) < 4.78 is 13.5. The van der Waals surface area contributed by atoms with Gasteiger partial charge in [-0.25, -0.2) is 4.39 Å². The molecule has 0 spiro atoms. The van der Waals surface area contributed by atoms with Crippen LogP contribution in [0, 0.1) is 17.1 Å². The third-order valence-electron chi connectivity index (χ3n) is 3.93. The van der Waals surface area contributed by atoms with Gasteiger partial charge >= 0.3 is 0 Å². The number of amidine groups is 1. The summed E-state index contributed by atoms with van der Waals surface area (Å²) in [5.41, 5.74) is 6.79. The van der Waals surface area contributed by atoms with E-state index < -0.39 is 0 Å². The van der Waals surface area contributed by atoms with Gasteiger partial charge in [0.25, 0.3) is 0 Å². The molecule has 104 valence electrons.